The number of fused-ring (bicyclic) bond motifs is 9. The Morgan fingerprint density at radius 1 is 0.417 bits per heavy atom. The second kappa shape index (κ2) is 13.4. The Morgan fingerprint density at radius 3 is 1.73 bits per heavy atom. The zero-order chi connectivity index (χ0) is 40.0. The van der Waals surface area contributed by atoms with E-state index >= 15 is 0 Å². The molecule has 1 heteroatoms. The lowest BCUT2D eigenvalue weighted by atomic mass is 9.82. The van der Waals surface area contributed by atoms with Gasteiger partial charge in [-0.05, 0) is 126 Å². The first-order chi connectivity index (χ1) is 29.5. The summed E-state index contributed by atoms with van der Waals surface area (Å²) in [5.41, 5.74) is 24.7. The predicted molar refractivity (Wildman–Crippen MR) is 253 cm³/mol. The standard InChI is InChI=1S/C59H43N/c1-59(2)54-23-13-12-21-50(54)51-33-32-47(37-55(51)59)60(46-30-28-41(29-31-46)40-26-24-39(25-27-40)38-14-4-3-5-15-38)58-52-22-11-10-20-49(52)53-36-44-18-8-9-19-48(44)57(53)56(58)45-34-42-16-6-7-17-43(42)35-45/h3-34,37H,35-36H2,1-2H3. The number of rotatable bonds is 6. The van der Waals surface area contributed by atoms with E-state index in [1.807, 2.05) is 0 Å². The van der Waals surface area contributed by atoms with Gasteiger partial charge in [-0.1, -0.05) is 190 Å². The van der Waals surface area contributed by atoms with Crippen molar-refractivity contribution in [3.05, 3.63) is 233 Å². The van der Waals surface area contributed by atoms with Crippen molar-refractivity contribution in [1.29, 1.82) is 0 Å². The molecule has 0 radical (unpaired) electrons. The van der Waals surface area contributed by atoms with Crippen LogP contribution in [0, 0.1) is 0 Å². The van der Waals surface area contributed by atoms with Crippen LogP contribution in [-0.2, 0) is 18.3 Å². The van der Waals surface area contributed by atoms with Crippen molar-refractivity contribution in [2.45, 2.75) is 32.1 Å². The number of allylic oxidation sites excluding steroid dienone is 1. The highest BCUT2D eigenvalue weighted by molar-refractivity contribution is 6.14. The minimum absolute atomic E-state index is 0.138. The van der Waals surface area contributed by atoms with E-state index in [0.29, 0.717) is 0 Å². The number of nitrogens with zero attached hydrogens (tertiary/aromatic N) is 1. The fourth-order valence-electron chi connectivity index (χ4n) is 10.6. The molecule has 3 aliphatic carbocycles. The molecule has 0 N–H and O–H groups in total. The van der Waals surface area contributed by atoms with Crippen LogP contribution >= 0.6 is 0 Å². The highest BCUT2D eigenvalue weighted by Crippen LogP contribution is 2.56. The van der Waals surface area contributed by atoms with E-state index in [4.69, 9.17) is 0 Å². The third kappa shape index (κ3) is 5.32. The molecule has 0 heterocycles. The van der Waals surface area contributed by atoms with Gasteiger partial charge in [-0.15, -0.1) is 0 Å². The average molecular weight is 766 g/mol. The van der Waals surface area contributed by atoms with Crippen LogP contribution in [0.3, 0.4) is 0 Å². The molecule has 9 aromatic rings. The average Bonchev–Trinajstić information content (AvgIpc) is 3.98. The van der Waals surface area contributed by atoms with Gasteiger partial charge in [-0.25, -0.2) is 0 Å². The monoisotopic (exact) mass is 765 g/mol. The van der Waals surface area contributed by atoms with Crippen molar-refractivity contribution < 1.29 is 0 Å². The quantitative estimate of drug-likeness (QED) is 0.163. The molecule has 0 spiro atoms. The van der Waals surface area contributed by atoms with Crippen LogP contribution < -0.4 is 4.90 Å². The predicted octanol–water partition coefficient (Wildman–Crippen LogP) is 15.6. The molecule has 60 heavy (non-hydrogen) atoms. The Hall–Kier alpha value is -7.22. The Balaban J connectivity index is 1.11. The molecule has 0 aromatic heterocycles. The van der Waals surface area contributed by atoms with Crippen molar-refractivity contribution >= 4 is 39.5 Å². The number of hydrogen-bond donors (Lipinski definition) is 0. The van der Waals surface area contributed by atoms with Gasteiger partial charge >= 0.3 is 0 Å². The summed E-state index contributed by atoms with van der Waals surface area (Å²) in [6.07, 6.45) is 4.30. The second-order valence-corrected chi connectivity index (χ2v) is 17.2. The first-order valence-corrected chi connectivity index (χ1v) is 21.3. The molecule has 1 nitrogen and oxygen atoms in total. The Labute approximate surface area is 352 Å². The fraction of sp³-hybridized carbons (Fsp3) is 0.0847. The van der Waals surface area contributed by atoms with Crippen LogP contribution in [0.5, 0.6) is 0 Å². The van der Waals surface area contributed by atoms with Crippen molar-refractivity contribution in [1.82, 2.24) is 0 Å². The Kier molecular flexibility index (Phi) is 7.78. The summed E-state index contributed by atoms with van der Waals surface area (Å²) in [4.78, 5) is 2.59. The molecule has 0 atom stereocenters. The number of benzene rings is 9. The smallest absolute Gasteiger partial charge is 0.0621 e. The molecule has 0 saturated carbocycles. The highest BCUT2D eigenvalue weighted by atomic mass is 15.1. The van der Waals surface area contributed by atoms with E-state index < -0.39 is 0 Å². The maximum Gasteiger partial charge on any atom is 0.0621 e. The van der Waals surface area contributed by atoms with Crippen LogP contribution in [-0.4, -0.2) is 0 Å². The minimum atomic E-state index is -0.138. The molecule has 0 amide bonds. The first kappa shape index (κ1) is 34.8. The minimum Gasteiger partial charge on any atom is -0.309 e. The van der Waals surface area contributed by atoms with E-state index in [9.17, 15) is 0 Å². The van der Waals surface area contributed by atoms with Gasteiger partial charge in [-0.3, -0.25) is 0 Å². The molecule has 0 unspecified atom stereocenters. The van der Waals surface area contributed by atoms with E-state index in [1.165, 1.54) is 111 Å². The third-order valence-electron chi connectivity index (χ3n) is 13.5. The van der Waals surface area contributed by atoms with E-state index in [1.54, 1.807) is 0 Å². The third-order valence-corrected chi connectivity index (χ3v) is 13.5. The Bertz CT molecular complexity index is 3200. The van der Waals surface area contributed by atoms with Crippen molar-refractivity contribution in [2.24, 2.45) is 0 Å². The van der Waals surface area contributed by atoms with Gasteiger partial charge in [0.25, 0.3) is 0 Å². The fourth-order valence-corrected chi connectivity index (χ4v) is 10.6. The zero-order valence-corrected chi connectivity index (χ0v) is 33.9. The topological polar surface area (TPSA) is 3.24 Å². The normalized spacial score (nSPS) is 13.9. The summed E-state index contributed by atoms with van der Waals surface area (Å²) in [7, 11) is 0. The second-order valence-electron chi connectivity index (χ2n) is 17.2. The van der Waals surface area contributed by atoms with Crippen LogP contribution in [0.4, 0.5) is 17.1 Å². The van der Waals surface area contributed by atoms with Gasteiger partial charge < -0.3 is 4.90 Å². The van der Waals surface area contributed by atoms with Gasteiger partial charge in [0, 0.05) is 27.7 Å². The van der Waals surface area contributed by atoms with Gasteiger partial charge in [0.05, 0.1) is 5.69 Å². The molecule has 0 fully saturated rings. The van der Waals surface area contributed by atoms with Gasteiger partial charge in [-0.2, -0.15) is 0 Å². The Morgan fingerprint density at radius 2 is 0.983 bits per heavy atom. The van der Waals surface area contributed by atoms with Crippen LogP contribution in [0.15, 0.2) is 194 Å². The van der Waals surface area contributed by atoms with Crippen LogP contribution in [0.1, 0.15) is 52.8 Å². The molecule has 0 aliphatic heterocycles. The molecule has 9 aromatic carbocycles. The molecule has 284 valence electrons. The van der Waals surface area contributed by atoms with Gasteiger partial charge in [0.2, 0.25) is 0 Å². The largest absolute Gasteiger partial charge is 0.309 e. The van der Waals surface area contributed by atoms with Crippen LogP contribution in [0.25, 0.3) is 66.9 Å². The molecule has 0 saturated heterocycles. The SMILES string of the molecule is CC1(C)c2ccccc2-c2ccc(N(c3ccc(-c4ccc(-c5ccccc5)cc4)cc3)c3c(C4=Cc5ccccc5C4)c4c(c5ccccc35)Cc3ccccc3-4)cc21. The molecular weight excluding hydrogens is 723 g/mol. The summed E-state index contributed by atoms with van der Waals surface area (Å²) in [5.74, 6) is 0. The van der Waals surface area contributed by atoms with Gasteiger partial charge in [0.1, 0.15) is 0 Å². The summed E-state index contributed by atoms with van der Waals surface area (Å²) in [5, 5.41) is 2.60. The summed E-state index contributed by atoms with van der Waals surface area (Å²) >= 11 is 0. The van der Waals surface area contributed by atoms with Crippen molar-refractivity contribution in [3.63, 3.8) is 0 Å². The lowest BCUT2D eigenvalue weighted by Crippen LogP contribution is -2.17. The maximum atomic E-state index is 2.59. The summed E-state index contributed by atoms with van der Waals surface area (Å²) in [6.45, 7) is 4.77. The lowest BCUT2D eigenvalue weighted by molar-refractivity contribution is 0.660. The summed E-state index contributed by atoms with van der Waals surface area (Å²) in [6, 6.07) is 72.3. The number of anilines is 3. The van der Waals surface area contributed by atoms with E-state index in [0.717, 1.165) is 18.5 Å². The molecular formula is C59H43N. The zero-order valence-electron chi connectivity index (χ0n) is 33.9. The number of hydrogen-bond acceptors (Lipinski definition) is 1. The van der Waals surface area contributed by atoms with E-state index in [-0.39, 0.29) is 5.41 Å². The van der Waals surface area contributed by atoms with Crippen molar-refractivity contribution in [2.75, 3.05) is 4.90 Å². The maximum absolute atomic E-state index is 2.59. The molecule has 0 bridgehead atoms. The van der Waals surface area contributed by atoms with E-state index in [2.05, 4.69) is 219 Å². The van der Waals surface area contributed by atoms with Gasteiger partial charge in [0.15, 0.2) is 0 Å². The summed E-state index contributed by atoms with van der Waals surface area (Å²) < 4.78 is 0. The van der Waals surface area contributed by atoms with Crippen molar-refractivity contribution in [3.8, 4) is 44.5 Å². The van der Waals surface area contributed by atoms with Crippen LogP contribution in [0.2, 0.25) is 0 Å². The molecule has 3 aliphatic rings. The lowest BCUT2D eigenvalue weighted by Gasteiger charge is -2.33. The first-order valence-electron chi connectivity index (χ1n) is 21.3. The molecule has 12 rings (SSSR count). The highest BCUT2D eigenvalue weighted by Gasteiger charge is 2.37.